The van der Waals surface area contributed by atoms with E-state index < -0.39 is 10.0 Å². The van der Waals surface area contributed by atoms with Gasteiger partial charge in [0.05, 0.1) is 4.90 Å². The number of nitrogens with one attached hydrogen (secondary N) is 1. The summed E-state index contributed by atoms with van der Waals surface area (Å²) in [6.45, 7) is 0.184. The lowest BCUT2D eigenvalue weighted by atomic mass is 10.1. The van der Waals surface area contributed by atoms with Crippen molar-refractivity contribution in [1.29, 1.82) is 0 Å². The van der Waals surface area contributed by atoms with E-state index in [4.69, 9.17) is 0 Å². The second-order valence-electron chi connectivity index (χ2n) is 5.84. The minimum Gasteiger partial charge on any atom is -0.341 e. The molecule has 0 spiro atoms. The normalized spacial score (nSPS) is 11.4. The van der Waals surface area contributed by atoms with Crippen molar-refractivity contribution in [2.24, 2.45) is 0 Å². The highest BCUT2D eigenvalue weighted by Gasteiger charge is 2.14. The second-order valence-corrected chi connectivity index (χ2v) is 8.64. The highest BCUT2D eigenvalue weighted by molar-refractivity contribution is 9.10. The van der Waals surface area contributed by atoms with Gasteiger partial charge >= 0.3 is 0 Å². The SMILES string of the molecule is CNS(=O)(=O)c1ccc(CCC(=O)N(C)Cc2cc(Br)ccc2F)cc1. The Balaban J connectivity index is 1.94. The topological polar surface area (TPSA) is 66.5 Å². The fraction of sp³-hybridized carbons (Fsp3) is 0.278. The Labute approximate surface area is 161 Å². The first-order chi connectivity index (χ1) is 12.2. The van der Waals surface area contributed by atoms with Crippen LogP contribution in [0, 0.1) is 5.82 Å². The third kappa shape index (κ3) is 5.36. The van der Waals surface area contributed by atoms with E-state index in [2.05, 4.69) is 20.7 Å². The van der Waals surface area contributed by atoms with Crippen molar-refractivity contribution in [1.82, 2.24) is 9.62 Å². The van der Waals surface area contributed by atoms with Crippen LogP contribution in [0.15, 0.2) is 51.8 Å². The number of sulfonamides is 1. The number of hydrogen-bond acceptors (Lipinski definition) is 3. The molecular formula is C18H20BrFN2O3S. The quantitative estimate of drug-likeness (QED) is 0.716. The predicted molar refractivity (Wildman–Crippen MR) is 102 cm³/mol. The average molecular weight is 443 g/mol. The smallest absolute Gasteiger partial charge is 0.240 e. The van der Waals surface area contributed by atoms with Gasteiger partial charge in [-0.05, 0) is 49.4 Å². The van der Waals surface area contributed by atoms with E-state index in [0.29, 0.717) is 12.0 Å². The van der Waals surface area contributed by atoms with Gasteiger partial charge in [-0.25, -0.2) is 17.5 Å². The molecule has 0 unspecified atom stereocenters. The number of carbonyl (C=O) groups excluding carboxylic acids is 1. The van der Waals surface area contributed by atoms with Crippen LogP contribution >= 0.6 is 15.9 Å². The van der Waals surface area contributed by atoms with Crippen LogP contribution in [0.25, 0.3) is 0 Å². The van der Waals surface area contributed by atoms with E-state index >= 15 is 0 Å². The molecule has 0 fully saturated rings. The summed E-state index contributed by atoms with van der Waals surface area (Å²) in [6.07, 6.45) is 0.730. The maximum absolute atomic E-state index is 13.8. The molecule has 0 saturated heterocycles. The van der Waals surface area contributed by atoms with E-state index in [1.54, 1.807) is 31.3 Å². The molecule has 0 heterocycles. The summed E-state index contributed by atoms with van der Waals surface area (Å²) >= 11 is 3.29. The van der Waals surface area contributed by atoms with Gasteiger partial charge in [0.15, 0.2) is 0 Å². The van der Waals surface area contributed by atoms with Gasteiger partial charge in [0, 0.05) is 30.0 Å². The van der Waals surface area contributed by atoms with Crippen molar-refractivity contribution in [3.63, 3.8) is 0 Å². The van der Waals surface area contributed by atoms with Gasteiger partial charge in [0.2, 0.25) is 15.9 Å². The lowest BCUT2D eigenvalue weighted by Gasteiger charge is -2.18. The molecule has 0 saturated carbocycles. The fourth-order valence-corrected chi connectivity index (χ4v) is 3.54. The van der Waals surface area contributed by atoms with E-state index in [0.717, 1.165) is 10.0 Å². The van der Waals surface area contributed by atoms with Crippen LogP contribution in [-0.4, -0.2) is 33.3 Å². The van der Waals surface area contributed by atoms with Gasteiger partial charge in [-0.15, -0.1) is 0 Å². The van der Waals surface area contributed by atoms with E-state index in [9.17, 15) is 17.6 Å². The standard InChI is InChI=1S/C18H20BrFN2O3S/c1-21-26(24,25)16-7-3-13(4-8-16)5-10-18(23)22(2)12-14-11-15(19)6-9-17(14)20/h3-4,6-9,11,21H,5,10,12H2,1-2H3. The van der Waals surface area contributed by atoms with Crippen molar-refractivity contribution in [3.05, 3.63) is 63.9 Å². The number of amides is 1. The molecule has 140 valence electrons. The monoisotopic (exact) mass is 442 g/mol. The molecule has 0 bridgehead atoms. The van der Waals surface area contributed by atoms with Crippen LogP contribution in [0.3, 0.4) is 0 Å². The molecule has 0 aliphatic rings. The molecule has 26 heavy (non-hydrogen) atoms. The van der Waals surface area contributed by atoms with Gasteiger partial charge in [-0.3, -0.25) is 4.79 Å². The number of rotatable bonds is 7. The number of benzene rings is 2. The molecule has 2 aromatic carbocycles. The van der Waals surface area contributed by atoms with Crippen LogP contribution in [0.5, 0.6) is 0 Å². The molecule has 0 aliphatic carbocycles. The van der Waals surface area contributed by atoms with Crippen LogP contribution in [0.2, 0.25) is 0 Å². The molecule has 0 radical (unpaired) electrons. The van der Waals surface area contributed by atoms with Crippen molar-refractivity contribution in [2.45, 2.75) is 24.3 Å². The third-order valence-electron chi connectivity index (χ3n) is 3.97. The third-order valence-corrected chi connectivity index (χ3v) is 5.89. The molecule has 2 aromatic rings. The Morgan fingerprint density at radius 2 is 1.85 bits per heavy atom. The summed E-state index contributed by atoms with van der Waals surface area (Å²) in [5, 5.41) is 0. The highest BCUT2D eigenvalue weighted by atomic mass is 79.9. The zero-order valence-electron chi connectivity index (χ0n) is 14.5. The van der Waals surface area contributed by atoms with E-state index in [1.807, 2.05) is 0 Å². The molecule has 8 heteroatoms. The lowest BCUT2D eigenvalue weighted by molar-refractivity contribution is -0.130. The fourth-order valence-electron chi connectivity index (χ4n) is 2.40. The molecule has 5 nitrogen and oxygen atoms in total. The first-order valence-electron chi connectivity index (χ1n) is 7.93. The number of nitrogens with zero attached hydrogens (tertiary/aromatic N) is 1. The minimum atomic E-state index is -3.47. The van der Waals surface area contributed by atoms with Gasteiger partial charge in [0.25, 0.3) is 0 Å². The summed E-state index contributed by atoms with van der Waals surface area (Å²) in [5.41, 5.74) is 1.30. The Morgan fingerprint density at radius 3 is 2.46 bits per heavy atom. The van der Waals surface area contributed by atoms with E-state index in [1.165, 1.54) is 30.1 Å². The number of hydrogen-bond donors (Lipinski definition) is 1. The Morgan fingerprint density at radius 1 is 1.19 bits per heavy atom. The van der Waals surface area contributed by atoms with Gasteiger partial charge in [-0.2, -0.15) is 0 Å². The molecular weight excluding hydrogens is 423 g/mol. The maximum atomic E-state index is 13.8. The van der Waals surface area contributed by atoms with Gasteiger partial charge in [-0.1, -0.05) is 28.1 Å². The molecule has 0 atom stereocenters. The number of halogens is 2. The average Bonchev–Trinajstić information content (AvgIpc) is 2.63. The maximum Gasteiger partial charge on any atom is 0.240 e. The summed E-state index contributed by atoms with van der Waals surface area (Å²) in [7, 11) is -0.483. The summed E-state index contributed by atoms with van der Waals surface area (Å²) < 4.78 is 40.2. The molecule has 1 N–H and O–H groups in total. The zero-order chi connectivity index (χ0) is 19.3. The minimum absolute atomic E-state index is 0.115. The Bertz CT molecular complexity index is 886. The van der Waals surface area contributed by atoms with Crippen molar-refractivity contribution in [3.8, 4) is 0 Å². The van der Waals surface area contributed by atoms with Crippen molar-refractivity contribution < 1.29 is 17.6 Å². The summed E-state index contributed by atoms with van der Waals surface area (Å²) in [5.74, 6) is -0.467. The Kier molecular flexibility index (Phi) is 6.91. The van der Waals surface area contributed by atoms with Gasteiger partial charge < -0.3 is 4.90 Å². The largest absolute Gasteiger partial charge is 0.341 e. The van der Waals surface area contributed by atoms with Crippen LogP contribution in [0.4, 0.5) is 4.39 Å². The molecule has 1 amide bonds. The first-order valence-corrected chi connectivity index (χ1v) is 10.2. The van der Waals surface area contributed by atoms with Crippen molar-refractivity contribution in [2.75, 3.05) is 14.1 Å². The lowest BCUT2D eigenvalue weighted by Crippen LogP contribution is -2.26. The molecule has 0 aromatic heterocycles. The second kappa shape index (κ2) is 8.75. The number of aryl methyl sites for hydroxylation is 1. The first kappa shape index (κ1) is 20.5. The molecule has 0 aliphatic heterocycles. The molecule has 2 rings (SSSR count). The zero-order valence-corrected chi connectivity index (χ0v) is 16.9. The predicted octanol–water partition coefficient (Wildman–Crippen LogP) is 3.09. The number of carbonyl (C=O) groups is 1. The van der Waals surface area contributed by atoms with Crippen LogP contribution in [-0.2, 0) is 27.8 Å². The Hall–Kier alpha value is -1.77. The van der Waals surface area contributed by atoms with E-state index in [-0.39, 0.29) is 29.6 Å². The van der Waals surface area contributed by atoms with Crippen LogP contribution in [0.1, 0.15) is 17.5 Å². The van der Waals surface area contributed by atoms with Crippen LogP contribution < -0.4 is 4.72 Å². The highest BCUT2D eigenvalue weighted by Crippen LogP contribution is 2.17. The van der Waals surface area contributed by atoms with Crippen molar-refractivity contribution >= 4 is 31.9 Å². The summed E-state index contributed by atoms with van der Waals surface area (Å²) in [6, 6.07) is 11.0. The van der Waals surface area contributed by atoms with Gasteiger partial charge in [0.1, 0.15) is 5.82 Å². The summed E-state index contributed by atoms with van der Waals surface area (Å²) in [4.78, 5) is 13.9.